The molecule has 0 aliphatic heterocycles. The molecule has 2 N–H and O–H groups in total. The number of hydrogen-bond donors (Lipinski definition) is 2. The van der Waals surface area contributed by atoms with Crippen LogP contribution in [0.4, 0.5) is 5.69 Å². The third-order valence-corrected chi connectivity index (χ3v) is 3.08. The van der Waals surface area contributed by atoms with Crippen LogP contribution >= 0.6 is 0 Å². The molecule has 4 nitrogen and oxygen atoms in total. The second-order valence-corrected chi connectivity index (χ2v) is 4.37. The van der Waals surface area contributed by atoms with Crippen molar-refractivity contribution >= 4 is 5.69 Å². The van der Waals surface area contributed by atoms with Crippen LogP contribution in [0.15, 0.2) is 48.5 Å². The lowest BCUT2D eigenvalue weighted by molar-refractivity contribution is 0.191. The number of rotatable bonds is 6. The van der Waals surface area contributed by atoms with Crippen LogP contribution in [0.2, 0.25) is 0 Å². The number of aliphatic hydroxyl groups is 1. The summed E-state index contributed by atoms with van der Waals surface area (Å²) in [6.07, 6.45) is -0.577. The minimum Gasteiger partial charge on any atom is -0.497 e. The molecule has 20 heavy (non-hydrogen) atoms. The molecule has 1 atom stereocenters. The first-order valence-corrected chi connectivity index (χ1v) is 6.43. The summed E-state index contributed by atoms with van der Waals surface area (Å²) >= 11 is 0. The van der Waals surface area contributed by atoms with Crippen molar-refractivity contribution in [1.82, 2.24) is 0 Å². The van der Waals surface area contributed by atoms with E-state index in [9.17, 15) is 5.11 Å². The molecule has 2 aromatic carbocycles. The number of nitrogens with one attached hydrogen (secondary N) is 1. The van der Waals surface area contributed by atoms with Crippen LogP contribution < -0.4 is 14.8 Å². The number of aliphatic hydroxyl groups excluding tert-OH is 1. The number of anilines is 1. The molecule has 0 saturated heterocycles. The highest BCUT2D eigenvalue weighted by atomic mass is 16.5. The van der Waals surface area contributed by atoms with Crippen molar-refractivity contribution in [1.29, 1.82) is 0 Å². The minimum absolute atomic E-state index is 0.396. The smallest absolute Gasteiger partial charge is 0.142 e. The molecule has 0 radical (unpaired) electrons. The van der Waals surface area contributed by atoms with Gasteiger partial charge < -0.3 is 19.9 Å². The van der Waals surface area contributed by atoms with E-state index in [0.717, 1.165) is 17.0 Å². The number of hydrogen-bond acceptors (Lipinski definition) is 4. The highest BCUT2D eigenvalue weighted by Gasteiger charge is 2.09. The van der Waals surface area contributed by atoms with Gasteiger partial charge in [-0.25, -0.2) is 0 Å². The third kappa shape index (κ3) is 3.42. The zero-order valence-corrected chi connectivity index (χ0v) is 11.7. The van der Waals surface area contributed by atoms with Crippen molar-refractivity contribution in [3.8, 4) is 11.5 Å². The van der Waals surface area contributed by atoms with E-state index in [2.05, 4.69) is 5.32 Å². The SMILES string of the molecule is COc1ccc(OC)c(NC[C@@H](O)c2ccccc2)c1. The van der Waals surface area contributed by atoms with Gasteiger partial charge in [0.25, 0.3) is 0 Å². The summed E-state index contributed by atoms with van der Waals surface area (Å²) in [4.78, 5) is 0. The first-order valence-electron chi connectivity index (χ1n) is 6.43. The lowest BCUT2D eigenvalue weighted by atomic mass is 10.1. The summed E-state index contributed by atoms with van der Waals surface area (Å²) in [5.74, 6) is 1.45. The van der Waals surface area contributed by atoms with E-state index in [1.165, 1.54) is 0 Å². The van der Waals surface area contributed by atoms with Gasteiger partial charge in [0, 0.05) is 12.6 Å². The lowest BCUT2D eigenvalue weighted by Gasteiger charge is -2.16. The van der Waals surface area contributed by atoms with E-state index in [1.807, 2.05) is 48.5 Å². The highest BCUT2D eigenvalue weighted by Crippen LogP contribution is 2.29. The molecular weight excluding hydrogens is 254 g/mol. The van der Waals surface area contributed by atoms with Crippen LogP contribution in [0.1, 0.15) is 11.7 Å². The van der Waals surface area contributed by atoms with E-state index in [-0.39, 0.29) is 0 Å². The largest absolute Gasteiger partial charge is 0.497 e. The first kappa shape index (κ1) is 14.2. The van der Waals surface area contributed by atoms with Crippen LogP contribution in [0, 0.1) is 0 Å². The van der Waals surface area contributed by atoms with Gasteiger partial charge >= 0.3 is 0 Å². The molecule has 0 aromatic heterocycles. The number of ether oxygens (including phenoxy) is 2. The Morgan fingerprint density at radius 3 is 2.45 bits per heavy atom. The van der Waals surface area contributed by atoms with Crippen LogP contribution in [0.3, 0.4) is 0 Å². The standard InChI is InChI=1S/C16H19NO3/c1-19-13-8-9-16(20-2)14(10-13)17-11-15(18)12-6-4-3-5-7-12/h3-10,15,17-18H,11H2,1-2H3/t15-/m1/s1. The molecule has 0 unspecified atom stereocenters. The predicted molar refractivity (Wildman–Crippen MR) is 79.4 cm³/mol. The molecule has 0 heterocycles. The summed E-state index contributed by atoms with van der Waals surface area (Å²) in [7, 11) is 3.23. The van der Waals surface area contributed by atoms with Crippen LogP contribution in [-0.2, 0) is 0 Å². The summed E-state index contributed by atoms with van der Waals surface area (Å²) in [6, 6.07) is 15.0. The molecule has 106 valence electrons. The fourth-order valence-electron chi connectivity index (χ4n) is 1.95. The minimum atomic E-state index is -0.577. The van der Waals surface area contributed by atoms with Gasteiger partial charge in [0.15, 0.2) is 0 Å². The first-order chi connectivity index (χ1) is 9.74. The zero-order valence-electron chi connectivity index (χ0n) is 11.7. The van der Waals surface area contributed by atoms with E-state index < -0.39 is 6.10 Å². The Bertz CT molecular complexity index is 543. The maximum atomic E-state index is 10.1. The Balaban J connectivity index is 2.06. The van der Waals surface area contributed by atoms with E-state index >= 15 is 0 Å². The monoisotopic (exact) mass is 273 g/mol. The van der Waals surface area contributed by atoms with Gasteiger partial charge in [0.1, 0.15) is 11.5 Å². The molecule has 0 aliphatic carbocycles. The van der Waals surface area contributed by atoms with Crippen molar-refractivity contribution in [2.24, 2.45) is 0 Å². The Labute approximate surface area is 119 Å². The summed E-state index contributed by atoms with van der Waals surface area (Å²) in [6.45, 7) is 0.396. The van der Waals surface area contributed by atoms with E-state index in [1.54, 1.807) is 14.2 Å². The quantitative estimate of drug-likeness (QED) is 0.849. The third-order valence-electron chi connectivity index (χ3n) is 3.08. The number of benzene rings is 2. The molecule has 0 amide bonds. The average Bonchev–Trinajstić information content (AvgIpc) is 2.53. The van der Waals surface area contributed by atoms with Crippen LogP contribution in [0.5, 0.6) is 11.5 Å². The normalized spacial score (nSPS) is 11.8. The van der Waals surface area contributed by atoms with Crippen molar-refractivity contribution in [3.05, 3.63) is 54.1 Å². The highest BCUT2D eigenvalue weighted by molar-refractivity contribution is 5.59. The summed E-state index contributed by atoms with van der Waals surface area (Å²) in [5.41, 5.74) is 1.67. The van der Waals surface area contributed by atoms with Crippen molar-refractivity contribution < 1.29 is 14.6 Å². The second-order valence-electron chi connectivity index (χ2n) is 4.37. The molecule has 4 heteroatoms. The van der Waals surface area contributed by atoms with Gasteiger partial charge in [-0.05, 0) is 17.7 Å². The molecule has 2 rings (SSSR count). The van der Waals surface area contributed by atoms with Crippen molar-refractivity contribution in [3.63, 3.8) is 0 Å². The van der Waals surface area contributed by atoms with Crippen LogP contribution in [0.25, 0.3) is 0 Å². The van der Waals surface area contributed by atoms with E-state index in [0.29, 0.717) is 12.3 Å². The van der Waals surface area contributed by atoms with Gasteiger partial charge in [-0.1, -0.05) is 30.3 Å². The Morgan fingerprint density at radius 1 is 1.05 bits per heavy atom. The Morgan fingerprint density at radius 2 is 1.80 bits per heavy atom. The average molecular weight is 273 g/mol. The molecule has 0 bridgehead atoms. The summed E-state index contributed by atoms with van der Waals surface area (Å²) < 4.78 is 10.5. The predicted octanol–water partition coefficient (Wildman–Crippen LogP) is 2.85. The van der Waals surface area contributed by atoms with Gasteiger partial charge in [0.2, 0.25) is 0 Å². The van der Waals surface area contributed by atoms with Gasteiger partial charge in [-0.15, -0.1) is 0 Å². The molecule has 0 aliphatic rings. The zero-order chi connectivity index (χ0) is 14.4. The molecular formula is C16H19NO3. The molecule has 0 saturated carbocycles. The van der Waals surface area contributed by atoms with Gasteiger partial charge in [-0.2, -0.15) is 0 Å². The summed E-state index contributed by atoms with van der Waals surface area (Å²) in [5, 5.41) is 13.3. The maximum Gasteiger partial charge on any atom is 0.142 e. The second kappa shape index (κ2) is 6.82. The molecule has 0 fully saturated rings. The number of methoxy groups -OCH3 is 2. The van der Waals surface area contributed by atoms with Gasteiger partial charge in [-0.3, -0.25) is 0 Å². The molecule has 0 spiro atoms. The van der Waals surface area contributed by atoms with E-state index in [4.69, 9.17) is 9.47 Å². The topological polar surface area (TPSA) is 50.7 Å². The lowest BCUT2D eigenvalue weighted by Crippen LogP contribution is -2.12. The Kier molecular flexibility index (Phi) is 4.85. The van der Waals surface area contributed by atoms with Crippen LogP contribution in [-0.4, -0.2) is 25.9 Å². The van der Waals surface area contributed by atoms with Crippen molar-refractivity contribution in [2.75, 3.05) is 26.1 Å². The molecule has 2 aromatic rings. The fraction of sp³-hybridized carbons (Fsp3) is 0.250. The maximum absolute atomic E-state index is 10.1. The van der Waals surface area contributed by atoms with Gasteiger partial charge in [0.05, 0.1) is 26.0 Å². The fourth-order valence-corrected chi connectivity index (χ4v) is 1.95. The van der Waals surface area contributed by atoms with Crippen molar-refractivity contribution in [2.45, 2.75) is 6.10 Å². The Hall–Kier alpha value is -2.20.